The normalized spacial score (nSPS) is 11.7. The number of halogens is 1. The van der Waals surface area contributed by atoms with Crippen LogP contribution in [0.1, 0.15) is 26.5 Å². The van der Waals surface area contributed by atoms with Gasteiger partial charge >= 0.3 is 6.09 Å². The van der Waals surface area contributed by atoms with Gasteiger partial charge in [-0.2, -0.15) is 0 Å². The highest BCUT2D eigenvalue weighted by Gasteiger charge is 2.16. The molecule has 0 aliphatic heterocycles. The number of aryl methyl sites for hydroxylation is 1. The number of nitrogens with zero attached hydrogens (tertiary/aromatic N) is 2. The van der Waals surface area contributed by atoms with E-state index in [0.29, 0.717) is 11.7 Å². The van der Waals surface area contributed by atoms with Crippen molar-refractivity contribution in [2.75, 3.05) is 0 Å². The van der Waals surface area contributed by atoms with Crippen molar-refractivity contribution in [3.63, 3.8) is 0 Å². The highest BCUT2D eigenvalue weighted by Crippen LogP contribution is 2.24. The van der Waals surface area contributed by atoms with Gasteiger partial charge in [-0.1, -0.05) is 11.6 Å². The Kier molecular flexibility index (Phi) is 3.90. The molecule has 0 unspecified atom stereocenters. The maximum atomic E-state index is 11.6. The van der Waals surface area contributed by atoms with Crippen LogP contribution in [-0.2, 0) is 18.3 Å². The summed E-state index contributed by atoms with van der Waals surface area (Å²) < 4.78 is 7.17. The van der Waals surface area contributed by atoms with E-state index in [4.69, 9.17) is 16.3 Å². The van der Waals surface area contributed by atoms with E-state index in [0.717, 1.165) is 16.6 Å². The molecule has 2 aromatic rings. The van der Waals surface area contributed by atoms with Gasteiger partial charge in [-0.3, -0.25) is 0 Å². The Morgan fingerprint density at radius 3 is 2.80 bits per heavy atom. The topological polar surface area (TPSA) is 56.2 Å². The average molecular weight is 296 g/mol. The minimum atomic E-state index is -0.504. The monoisotopic (exact) mass is 295 g/mol. The van der Waals surface area contributed by atoms with Gasteiger partial charge in [-0.15, -0.1) is 0 Å². The molecule has 2 rings (SSSR count). The molecule has 0 atom stereocenters. The molecule has 6 heteroatoms. The minimum absolute atomic E-state index is 0.371. The number of ether oxygens (including phenoxy) is 1. The zero-order valence-corrected chi connectivity index (χ0v) is 12.8. The second kappa shape index (κ2) is 5.32. The summed E-state index contributed by atoms with van der Waals surface area (Å²) in [6.07, 6.45) is 1.22. The predicted octanol–water partition coefficient (Wildman–Crippen LogP) is 3.25. The van der Waals surface area contributed by atoms with E-state index in [2.05, 4.69) is 10.3 Å². The number of rotatable bonds is 2. The number of nitrogens with one attached hydrogen (secondary N) is 1. The Balaban J connectivity index is 2.13. The van der Waals surface area contributed by atoms with Gasteiger partial charge in [0.15, 0.2) is 0 Å². The minimum Gasteiger partial charge on any atom is -0.444 e. The van der Waals surface area contributed by atoms with Gasteiger partial charge in [-0.05, 0) is 32.9 Å². The lowest BCUT2D eigenvalue weighted by molar-refractivity contribution is 0.0522. The van der Waals surface area contributed by atoms with Crippen molar-refractivity contribution in [3.05, 3.63) is 29.2 Å². The summed E-state index contributed by atoms with van der Waals surface area (Å²) >= 11 is 6.06. The van der Waals surface area contributed by atoms with Crippen LogP contribution in [0, 0.1) is 0 Å². The second-order valence-electron chi connectivity index (χ2n) is 5.58. The van der Waals surface area contributed by atoms with Crippen LogP contribution < -0.4 is 5.32 Å². The molecular formula is C14H18ClN3O2. The molecule has 0 spiro atoms. The summed E-state index contributed by atoms with van der Waals surface area (Å²) in [6.45, 7) is 5.86. The van der Waals surface area contributed by atoms with Crippen LogP contribution in [0.4, 0.5) is 4.79 Å². The predicted molar refractivity (Wildman–Crippen MR) is 78.8 cm³/mol. The van der Waals surface area contributed by atoms with E-state index < -0.39 is 11.7 Å². The average Bonchev–Trinajstić information content (AvgIpc) is 2.64. The van der Waals surface area contributed by atoms with Crippen LogP contribution in [0.15, 0.2) is 18.3 Å². The van der Waals surface area contributed by atoms with Crippen LogP contribution >= 0.6 is 11.6 Å². The quantitative estimate of drug-likeness (QED) is 0.865. The molecule has 0 aliphatic carbocycles. The third kappa shape index (κ3) is 3.22. The number of carbonyl (C=O) groups excluding carboxylic acids is 1. The second-order valence-corrected chi connectivity index (χ2v) is 5.94. The Labute approximate surface area is 122 Å². The highest BCUT2D eigenvalue weighted by molar-refractivity contribution is 6.34. The summed E-state index contributed by atoms with van der Waals surface area (Å²) in [5.74, 6) is 0. The van der Waals surface area contributed by atoms with E-state index in [1.165, 1.54) is 0 Å². The van der Waals surface area contributed by atoms with Crippen molar-refractivity contribution in [2.24, 2.45) is 7.05 Å². The third-order valence-corrected chi connectivity index (χ3v) is 3.14. The molecule has 0 fully saturated rings. The zero-order chi connectivity index (χ0) is 14.9. The van der Waals surface area contributed by atoms with Crippen molar-refractivity contribution in [1.29, 1.82) is 0 Å². The molecule has 20 heavy (non-hydrogen) atoms. The Morgan fingerprint density at radius 2 is 2.20 bits per heavy atom. The molecule has 1 N–H and O–H groups in total. The van der Waals surface area contributed by atoms with Crippen LogP contribution in [0.3, 0.4) is 0 Å². The zero-order valence-electron chi connectivity index (χ0n) is 12.0. The van der Waals surface area contributed by atoms with Gasteiger partial charge in [0.2, 0.25) is 0 Å². The molecular weight excluding hydrogens is 278 g/mol. The van der Waals surface area contributed by atoms with Crippen molar-refractivity contribution in [3.8, 4) is 0 Å². The van der Waals surface area contributed by atoms with Crippen molar-refractivity contribution in [1.82, 2.24) is 14.9 Å². The number of alkyl carbamates (subject to hydrolysis) is 1. The first-order chi connectivity index (χ1) is 9.28. The molecule has 0 bridgehead atoms. The maximum absolute atomic E-state index is 11.6. The number of carbonyl (C=O) groups is 1. The fourth-order valence-electron chi connectivity index (χ4n) is 1.93. The van der Waals surface area contributed by atoms with Gasteiger partial charge in [0.25, 0.3) is 0 Å². The molecule has 5 nitrogen and oxygen atoms in total. The van der Waals surface area contributed by atoms with E-state index in [1.807, 2.05) is 44.5 Å². The van der Waals surface area contributed by atoms with Crippen molar-refractivity contribution in [2.45, 2.75) is 32.9 Å². The summed E-state index contributed by atoms with van der Waals surface area (Å²) in [4.78, 5) is 15.7. The molecule has 108 valence electrons. The van der Waals surface area contributed by atoms with Crippen LogP contribution in [0.2, 0.25) is 5.15 Å². The summed E-state index contributed by atoms with van der Waals surface area (Å²) in [5.41, 5.74) is 1.41. The van der Waals surface area contributed by atoms with E-state index in [1.54, 1.807) is 6.20 Å². The van der Waals surface area contributed by atoms with Crippen molar-refractivity contribution < 1.29 is 9.53 Å². The van der Waals surface area contributed by atoms with Crippen LogP contribution in [0.25, 0.3) is 10.9 Å². The summed E-state index contributed by atoms with van der Waals surface area (Å²) in [6, 6.07) is 3.81. The number of hydrogen-bond donors (Lipinski definition) is 1. The molecule has 2 heterocycles. The fourth-order valence-corrected chi connectivity index (χ4v) is 2.14. The number of aromatic nitrogens is 2. The molecule has 0 aliphatic rings. The first-order valence-corrected chi connectivity index (χ1v) is 6.71. The first kappa shape index (κ1) is 14.7. The molecule has 0 aromatic carbocycles. The van der Waals surface area contributed by atoms with Gasteiger partial charge in [0.1, 0.15) is 10.8 Å². The van der Waals surface area contributed by atoms with E-state index >= 15 is 0 Å². The van der Waals surface area contributed by atoms with E-state index in [-0.39, 0.29) is 0 Å². The summed E-state index contributed by atoms with van der Waals surface area (Å²) in [7, 11) is 1.92. The Morgan fingerprint density at radius 1 is 1.50 bits per heavy atom. The van der Waals surface area contributed by atoms with Crippen LogP contribution in [-0.4, -0.2) is 21.2 Å². The number of pyridine rings is 1. The number of amides is 1. The first-order valence-electron chi connectivity index (χ1n) is 6.33. The lowest BCUT2D eigenvalue weighted by atomic mass is 10.2. The lowest BCUT2D eigenvalue weighted by Gasteiger charge is -2.19. The summed E-state index contributed by atoms with van der Waals surface area (Å²) in [5, 5.41) is 4.06. The number of fused-ring (bicyclic) bond motifs is 1. The molecule has 0 radical (unpaired) electrons. The van der Waals surface area contributed by atoms with E-state index in [9.17, 15) is 4.79 Å². The van der Waals surface area contributed by atoms with Gasteiger partial charge in [-0.25, -0.2) is 9.78 Å². The lowest BCUT2D eigenvalue weighted by Crippen LogP contribution is -2.32. The molecule has 0 saturated carbocycles. The molecule has 0 saturated heterocycles. The van der Waals surface area contributed by atoms with Crippen LogP contribution in [0.5, 0.6) is 0 Å². The van der Waals surface area contributed by atoms with Crippen molar-refractivity contribution >= 4 is 28.6 Å². The highest BCUT2D eigenvalue weighted by atomic mass is 35.5. The SMILES string of the molecule is Cn1c(CNC(=O)OC(C)(C)C)cc2c(Cl)nccc21. The Hall–Kier alpha value is -1.75. The maximum Gasteiger partial charge on any atom is 0.407 e. The largest absolute Gasteiger partial charge is 0.444 e. The third-order valence-electron chi connectivity index (χ3n) is 2.83. The van der Waals surface area contributed by atoms with Gasteiger partial charge in [0.05, 0.1) is 12.1 Å². The Bertz CT molecular complexity index is 644. The molecule has 2 aromatic heterocycles. The molecule has 1 amide bonds. The van der Waals surface area contributed by atoms with Gasteiger partial charge in [0, 0.05) is 24.3 Å². The van der Waals surface area contributed by atoms with Gasteiger partial charge < -0.3 is 14.6 Å². The number of hydrogen-bond acceptors (Lipinski definition) is 3. The fraction of sp³-hybridized carbons (Fsp3) is 0.429. The standard InChI is InChI=1S/C14H18ClN3O2/c1-14(2,3)20-13(19)17-8-9-7-10-11(18(9)4)5-6-16-12(10)15/h5-7H,8H2,1-4H3,(H,17,19). The smallest absolute Gasteiger partial charge is 0.407 e.